The lowest BCUT2D eigenvalue weighted by Gasteiger charge is -2.33. The zero-order valence-electron chi connectivity index (χ0n) is 20.5. The minimum Gasteiger partial charge on any atom is -0.494 e. The fraction of sp³-hybridized carbons (Fsp3) is 0.214. The standard InChI is InChI=1S/C17H13FO3.C11H12N4O/c1-10-4-3-5-11(6-10)7-15-12-9-16(20-2)14(18)8-13(12)17(19)21-15;12-7-10-1-2-11(13-8-10)15-5-3-14(9-16)4-6-15/h3-9H,1-2H3;1-2,8-9H,3-6H2/b15-7-;. The van der Waals surface area contributed by atoms with Gasteiger partial charge in [-0.2, -0.15) is 5.26 Å². The number of methoxy groups -OCH3 is 1. The summed E-state index contributed by atoms with van der Waals surface area (Å²) in [5.74, 6) is 0.223. The van der Waals surface area contributed by atoms with Crippen molar-refractivity contribution in [3.8, 4) is 11.8 Å². The predicted octanol–water partition coefficient (Wildman–Crippen LogP) is 4.04. The molecule has 0 radical (unpaired) electrons. The number of halogens is 1. The van der Waals surface area contributed by atoms with Gasteiger partial charge in [0, 0.05) is 37.9 Å². The van der Waals surface area contributed by atoms with Crippen LogP contribution in [0.4, 0.5) is 10.2 Å². The van der Waals surface area contributed by atoms with E-state index in [1.165, 1.54) is 13.2 Å². The Bertz CT molecular complexity index is 1370. The molecule has 0 unspecified atom stereocenters. The smallest absolute Gasteiger partial charge is 0.344 e. The van der Waals surface area contributed by atoms with Crippen LogP contribution < -0.4 is 9.64 Å². The van der Waals surface area contributed by atoms with Gasteiger partial charge in [0.1, 0.15) is 17.6 Å². The van der Waals surface area contributed by atoms with Gasteiger partial charge in [-0.15, -0.1) is 0 Å². The van der Waals surface area contributed by atoms with Gasteiger partial charge in [0.25, 0.3) is 0 Å². The van der Waals surface area contributed by atoms with Crippen molar-refractivity contribution < 1.29 is 23.5 Å². The number of esters is 1. The molecule has 3 aromatic rings. The van der Waals surface area contributed by atoms with Gasteiger partial charge in [-0.3, -0.25) is 4.79 Å². The van der Waals surface area contributed by atoms with Gasteiger partial charge in [0.05, 0.1) is 18.2 Å². The summed E-state index contributed by atoms with van der Waals surface area (Å²) in [7, 11) is 1.38. The largest absolute Gasteiger partial charge is 0.494 e. The minimum atomic E-state index is -0.579. The highest BCUT2D eigenvalue weighted by Gasteiger charge is 2.28. The number of piperazine rings is 1. The number of carbonyl (C=O) groups excluding carboxylic acids is 2. The number of ether oxygens (including phenoxy) is 2. The molecule has 0 N–H and O–H groups in total. The molecule has 0 saturated carbocycles. The number of amides is 1. The third kappa shape index (κ3) is 5.93. The molecule has 0 aliphatic carbocycles. The van der Waals surface area contributed by atoms with Crippen molar-refractivity contribution in [1.82, 2.24) is 9.88 Å². The summed E-state index contributed by atoms with van der Waals surface area (Å²) < 4.78 is 23.9. The van der Waals surface area contributed by atoms with E-state index in [2.05, 4.69) is 9.88 Å². The Balaban J connectivity index is 0.000000180. The van der Waals surface area contributed by atoms with Crippen molar-refractivity contribution in [2.75, 3.05) is 38.2 Å². The second-order valence-corrected chi connectivity index (χ2v) is 8.49. The summed E-state index contributed by atoms with van der Waals surface area (Å²) in [5.41, 5.74) is 3.33. The minimum absolute atomic E-state index is 0.0854. The summed E-state index contributed by atoms with van der Waals surface area (Å²) in [5, 5.41) is 8.66. The first-order valence-electron chi connectivity index (χ1n) is 11.6. The van der Waals surface area contributed by atoms with E-state index in [1.54, 1.807) is 23.2 Å². The van der Waals surface area contributed by atoms with Crippen LogP contribution in [0.1, 0.15) is 32.6 Å². The summed E-state index contributed by atoms with van der Waals surface area (Å²) in [6, 6.07) is 16.1. The van der Waals surface area contributed by atoms with Crippen LogP contribution in [0.5, 0.6) is 5.75 Å². The molecule has 2 aliphatic rings. The molecule has 5 rings (SSSR count). The maximum atomic E-state index is 13.7. The summed E-state index contributed by atoms with van der Waals surface area (Å²) >= 11 is 0. The molecular formula is C28H25FN4O4. The molecule has 1 aromatic heterocycles. The Labute approximate surface area is 214 Å². The first-order chi connectivity index (χ1) is 17.9. The number of nitrogens with zero attached hydrogens (tertiary/aromatic N) is 4. The lowest BCUT2D eigenvalue weighted by molar-refractivity contribution is -0.118. The fourth-order valence-corrected chi connectivity index (χ4v) is 4.01. The highest BCUT2D eigenvalue weighted by Crippen LogP contribution is 2.35. The van der Waals surface area contributed by atoms with Crippen molar-refractivity contribution >= 4 is 30.0 Å². The SMILES string of the molecule is COc1cc2c(cc1F)C(=O)O/C2=C\c1cccc(C)c1.N#Cc1ccc(N2CCN(C=O)CC2)nc1. The van der Waals surface area contributed by atoms with Gasteiger partial charge in [0.15, 0.2) is 11.6 Å². The second-order valence-electron chi connectivity index (χ2n) is 8.49. The lowest BCUT2D eigenvalue weighted by atomic mass is 10.0. The maximum Gasteiger partial charge on any atom is 0.344 e. The van der Waals surface area contributed by atoms with Crippen LogP contribution in [0, 0.1) is 24.1 Å². The van der Waals surface area contributed by atoms with Gasteiger partial charge in [-0.05, 0) is 42.8 Å². The number of hydrogen-bond donors (Lipinski definition) is 0. The van der Waals surface area contributed by atoms with E-state index >= 15 is 0 Å². The number of aromatic nitrogens is 1. The van der Waals surface area contributed by atoms with Gasteiger partial charge in [0.2, 0.25) is 6.41 Å². The lowest BCUT2D eigenvalue weighted by Crippen LogP contribution is -2.46. The number of nitriles is 1. The Morgan fingerprint density at radius 1 is 1.11 bits per heavy atom. The molecule has 3 heterocycles. The van der Waals surface area contributed by atoms with Gasteiger partial charge in [-0.1, -0.05) is 29.8 Å². The van der Waals surface area contributed by atoms with Crippen LogP contribution in [0.3, 0.4) is 0 Å². The number of rotatable bonds is 4. The summed E-state index contributed by atoms with van der Waals surface area (Å²) in [4.78, 5) is 30.4. The van der Waals surface area contributed by atoms with E-state index in [9.17, 15) is 14.0 Å². The Morgan fingerprint density at radius 3 is 2.51 bits per heavy atom. The highest BCUT2D eigenvalue weighted by atomic mass is 19.1. The van der Waals surface area contributed by atoms with Gasteiger partial charge in [-0.25, -0.2) is 14.2 Å². The van der Waals surface area contributed by atoms with Crippen LogP contribution >= 0.6 is 0 Å². The van der Waals surface area contributed by atoms with Crippen LogP contribution in [-0.2, 0) is 9.53 Å². The Kier molecular flexibility index (Phi) is 7.79. The molecule has 8 nitrogen and oxygen atoms in total. The number of benzene rings is 2. The van der Waals surface area contributed by atoms with E-state index < -0.39 is 11.8 Å². The number of cyclic esters (lactones) is 1. The number of pyridine rings is 1. The molecule has 0 bridgehead atoms. The summed E-state index contributed by atoms with van der Waals surface area (Å²) in [6.45, 7) is 5.01. The maximum absolute atomic E-state index is 13.7. The van der Waals surface area contributed by atoms with E-state index in [4.69, 9.17) is 14.7 Å². The molecule has 37 heavy (non-hydrogen) atoms. The zero-order chi connectivity index (χ0) is 26.4. The number of fused-ring (bicyclic) bond motifs is 1. The van der Waals surface area contributed by atoms with Crippen LogP contribution in [-0.4, -0.2) is 55.6 Å². The fourth-order valence-electron chi connectivity index (χ4n) is 4.01. The molecular weight excluding hydrogens is 475 g/mol. The molecule has 9 heteroatoms. The molecule has 1 saturated heterocycles. The molecule has 0 spiro atoms. The molecule has 0 atom stereocenters. The van der Waals surface area contributed by atoms with Crippen LogP contribution in [0.2, 0.25) is 0 Å². The van der Waals surface area contributed by atoms with Gasteiger partial charge < -0.3 is 19.3 Å². The Morgan fingerprint density at radius 2 is 1.89 bits per heavy atom. The quantitative estimate of drug-likeness (QED) is 0.394. The van der Waals surface area contributed by atoms with Crippen molar-refractivity contribution in [1.29, 1.82) is 5.26 Å². The average molecular weight is 501 g/mol. The normalized spacial score (nSPS) is 15.3. The Hall–Kier alpha value is -4.71. The molecule has 188 valence electrons. The van der Waals surface area contributed by atoms with Crippen molar-refractivity contribution in [2.24, 2.45) is 0 Å². The second kappa shape index (κ2) is 11.4. The topological polar surface area (TPSA) is 95.8 Å². The third-order valence-electron chi connectivity index (χ3n) is 5.98. The molecule has 2 aliphatic heterocycles. The number of anilines is 1. The monoisotopic (exact) mass is 500 g/mol. The molecule has 1 fully saturated rings. The molecule has 1 amide bonds. The van der Waals surface area contributed by atoms with Crippen LogP contribution in [0.15, 0.2) is 54.7 Å². The van der Waals surface area contributed by atoms with Gasteiger partial charge >= 0.3 is 5.97 Å². The third-order valence-corrected chi connectivity index (χ3v) is 5.98. The highest BCUT2D eigenvalue weighted by molar-refractivity contribution is 6.06. The van der Waals surface area contributed by atoms with E-state index in [0.717, 1.165) is 55.6 Å². The number of hydrogen-bond acceptors (Lipinski definition) is 7. The number of carbonyl (C=O) groups is 2. The van der Waals surface area contributed by atoms with Crippen molar-refractivity contribution in [3.05, 3.63) is 88.4 Å². The van der Waals surface area contributed by atoms with Crippen molar-refractivity contribution in [3.63, 3.8) is 0 Å². The average Bonchev–Trinajstić information content (AvgIpc) is 3.22. The van der Waals surface area contributed by atoms with E-state index in [1.807, 2.05) is 43.3 Å². The first-order valence-corrected chi connectivity index (χ1v) is 11.6. The first kappa shape index (κ1) is 25.4. The van der Waals surface area contributed by atoms with E-state index in [-0.39, 0.29) is 11.3 Å². The van der Waals surface area contributed by atoms with E-state index in [0.29, 0.717) is 16.9 Å². The summed E-state index contributed by atoms with van der Waals surface area (Å²) in [6.07, 6.45) is 4.21. The predicted molar refractivity (Wildman–Crippen MR) is 136 cm³/mol. The molecule has 2 aromatic carbocycles. The zero-order valence-corrected chi connectivity index (χ0v) is 20.5. The van der Waals surface area contributed by atoms with Crippen LogP contribution in [0.25, 0.3) is 11.8 Å². The van der Waals surface area contributed by atoms with Crippen molar-refractivity contribution in [2.45, 2.75) is 6.92 Å². The number of aryl methyl sites for hydroxylation is 1.